The van der Waals surface area contributed by atoms with Crippen molar-refractivity contribution >= 4 is 21.6 Å². The second-order valence-corrected chi connectivity index (χ2v) is 8.61. The first-order chi connectivity index (χ1) is 5.29. The van der Waals surface area contributed by atoms with Crippen LogP contribution in [0.5, 0.6) is 0 Å². The second-order valence-electron chi connectivity index (χ2n) is 4.26. The molecule has 1 fully saturated rings. The lowest BCUT2D eigenvalue weighted by molar-refractivity contribution is 0.602. The quantitative estimate of drug-likeness (QED) is 0.658. The zero-order valence-electron chi connectivity index (χ0n) is 7.83. The van der Waals surface area contributed by atoms with E-state index in [-0.39, 0.29) is 4.75 Å². The van der Waals surface area contributed by atoms with Crippen LogP contribution < -0.4 is 0 Å². The topological polar surface area (TPSA) is 34.1 Å². The summed E-state index contributed by atoms with van der Waals surface area (Å²) < 4.78 is 22.4. The Hall–Kier alpha value is 0.300. The summed E-state index contributed by atoms with van der Waals surface area (Å²) in [6.07, 6.45) is 0.838. The Kier molecular flexibility index (Phi) is 2.78. The van der Waals surface area contributed by atoms with E-state index >= 15 is 0 Å². The molecule has 1 atom stereocenters. The minimum atomic E-state index is -2.69. The van der Waals surface area contributed by atoms with Gasteiger partial charge in [-0.2, -0.15) is 11.8 Å². The molecule has 1 heterocycles. The predicted octanol–water partition coefficient (Wildman–Crippen LogP) is 1.71. The van der Waals surface area contributed by atoms with E-state index in [1.54, 1.807) is 11.8 Å². The average molecular weight is 208 g/mol. The highest BCUT2D eigenvalue weighted by molar-refractivity contribution is 8.02. The Bertz CT molecular complexity index is 249. The lowest BCUT2D eigenvalue weighted by Crippen LogP contribution is -2.16. The van der Waals surface area contributed by atoms with Crippen molar-refractivity contribution in [3.8, 4) is 0 Å². The van der Waals surface area contributed by atoms with Crippen LogP contribution in [0.3, 0.4) is 0 Å². The summed E-state index contributed by atoms with van der Waals surface area (Å²) >= 11 is 1.79. The van der Waals surface area contributed by atoms with Gasteiger partial charge in [0.05, 0.1) is 11.5 Å². The van der Waals surface area contributed by atoms with Crippen LogP contribution in [0.25, 0.3) is 0 Å². The molecule has 0 aromatic carbocycles. The van der Waals surface area contributed by atoms with Crippen LogP contribution in [0.15, 0.2) is 0 Å². The molecule has 0 radical (unpaired) electrons. The Labute approximate surface area is 79.0 Å². The van der Waals surface area contributed by atoms with Gasteiger partial charge in [-0.3, -0.25) is 0 Å². The monoisotopic (exact) mass is 208 g/mol. The van der Waals surface area contributed by atoms with Gasteiger partial charge in [0, 0.05) is 10.00 Å². The lowest BCUT2D eigenvalue weighted by atomic mass is 10.3. The van der Waals surface area contributed by atoms with Gasteiger partial charge in [-0.05, 0) is 6.42 Å². The van der Waals surface area contributed by atoms with Gasteiger partial charge in [-0.15, -0.1) is 0 Å². The molecule has 12 heavy (non-hydrogen) atoms. The third kappa shape index (κ3) is 3.35. The van der Waals surface area contributed by atoms with Crippen LogP contribution in [0, 0.1) is 0 Å². The standard InChI is InChI=1S/C8H16O2S2/c1-8(2,3)11-7-4-5-12(9,10)6-7/h7H,4-6H2,1-3H3. The van der Waals surface area contributed by atoms with E-state index < -0.39 is 9.84 Å². The molecule has 1 unspecified atom stereocenters. The van der Waals surface area contributed by atoms with Crippen LogP contribution >= 0.6 is 11.8 Å². The van der Waals surface area contributed by atoms with Gasteiger partial charge < -0.3 is 0 Å². The maximum absolute atomic E-state index is 11.1. The fourth-order valence-corrected chi connectivity index (χ4v) is 5.18. The van der Waals surface area contributed by atoms with E-state index in [9.17, 15) is 8.42 Å². The second kappa shape index (κ2) is 3.22. The predicted molar refractivity (Wildman–Crippen MR) is 54.4 cm³/mol. The van der Waals surface area contributed by atoms with Gasteiger partial charge in [0.2, 0.25) is 0 Å². The first-order valence-corrected chi connectivity index (χ1v) is 6.87. The molecule has 0 saturated carbocycles. The van der Waals surface area contributed by atoms with Gasteiger partial charge in [-0.25, -0.2) is 8.42 Å². The summed E-state index contributed by atoms with van der Waals surface area (Å²) in [6.45, 7) is 6.38. The smallest absolute Gasteiger partial charge is 0.151 e. The Morgan fingerprint density at radius 3 is 2.25 bits per heavy atom. The molecule has 0 aromatic rings. The number of rotatable bonds is 1. The fraction of sp³-hybridized carbons (Fsp3) is 1.00. The largest absolute Gasteiger partial charge is 0.229 e. The van der Waals surface area contributed by atoms with Crippen molar-refractivity contribution in [1.29, 1.82) is 0 Å². The highest BCUT2D eigenvalue weighted by Crippen LogP contribution is 2.33. The zero-order valence-corrected chi connectivity index (χ0v) is 9.46. The van der Waals surface area contributed by atoms with Crippen molar-refractivity contribution in [3.05, 3.63) is 0 Å². The van der Waals surface area contributed by atoms with Gasteiger partial charge in [0.25, 0.3) is 0 Å². The minimum Gasteiger partial charge on any atom is -0.229 e. The normalized spacial score (nSPS) is 29.1. The Morgan fingerprint density at radius 2 is 1.92 bits per heavy atom. The number of hydrogen-bond acceptors (Lipinski definition) is 3. The van der Waals surface area contributed by atoms with Gasteiger partial charge in [0.15, 0.2) is 9.84 Å². The summed E-state index contributed by atoms with van der Waals surface area (Å²) in [5.41, 5.74) is 0. The van der Waals surface area contributed by atoms with Crippen molar-refractivity contribution in [2.24, 2.45) is 0 Å². The Morgan fingerprint density at radius 1 is 1.33 bits per heavy atom. The zero-order chi connectivity index (χ0) is 9.41. The van der Waals surface area contributed by atoms with Crippen molar-refractivity contribution in [3.63, 3.8) is 0 Å². The lowest BCUT2D eigenvalue weighted by Gasteiger charge is -2.21. The maximum atomic E-state index is 11.1. The van der Waals surface area contributed by atoms with E-state index in [1.807, 2.05) is 0 Å². The molecule has 0 aromatic heterocycles. The maximum Gasteiger partial charge on any atom is 0.151 e. The molecule has 1 saturated heterocycles. The van der Waals surface area contributed by atoms with Crippen LogP contribution in [-0.2, 0) is 9.84 Å². The van der Waals surface area contributed by atoms with Crippen molar-refractivity contribution < 1.29 is 8.42 Å². The molecule has 0 bridgehead atoms. The van der Waals surface area contributed by atoms with Crippen molar-refractivity contribution in [2.75, 3.05) is 11.5 Å². The highest BCUT2D eigenvalue weighted by Gasteiger charge is 2.31. The molecular weight excluding hydrogens is 192 g/mol. The van der Waals surface area contributed by atoms with Crippen molar-refractivity contribution in [2.45, 2.75) is 37.2 Å². The average Bonchev–Trinajstić information content (AvgIpc) is 2.05. The Balaban J connectivity index is 2.49. The summed E-state index contributed by atoms with van der Waals surface area (Å²) in [7, 11) is -2.69. The minimum absolute atomic E-state index is 0.185. The first kappa shape index (κ1) is 10.4. The molecule has 4 heteroatoms. The van der Waals surface area contributed by atoms with Gasteiger partial charge in [0.1, 0.15) is 0 Å². The SMILES string of the molecule is CC(C)(C)SC1CCS(=O)(=O)C1. The fourth-order valence-electron chi connectivity index (χ4n) is 1.35. The number of sulfone groups is 1. The van der Waals surface area contributed by atoms with E-state index in [4.69, 9.17) is 0 Å². The van der Waals surface area contributed by atoms with Gasteiger partial charge in [-0.1, -0.05) is 20.8 Å². The molecular formula is C8H16O2S2. The summed E-state index contributed by atoms with van der Waals surface area (Å²) in [4.78, 5) is 0. The summed E-state index contributed by atoms with van der Waals surface area (Å²) in [5.74, 6) is 0.773. The van der Waals surface area contributed by atoms with Gasteiger partial charge >= 0.3 is 0 Å². The first-order valence-electron chi connectivity index (χ1n) is 4.17. The van der Waals surface area contributed by atoms with Crippen LogP contribution in [0.4, 0.5) is 0 Å². The van der Waals surface area contributed by atoms with E-state index in [0.29, 0.717) is 16.8 Å². The molecule has 72 valence electrons. The van der Waals surface area contributed by atoms with E-state index in [1.165, 1.54) is 0 Å². The molecule has 2 nitrogen and oxygen atoms in total. The molecule has 1 aliphatic rings. The third-order valence-corrected chi connectivity index (χ3v) is 5.13. The van der Waals surface area contributed by atoms with Crippen molar-refractivity contribution in [1.82, 2.24) is 0 Å². The molecule has 0 N–H and O–H groups in total. The molecule has 0 aliphatic carbocycles. The van der Waals surface area contributed by atoms with Crippen LogP contribution in [0.1, 0.15) is 27.2 Å². The van der Waals surface area contributed by atoms with E-state index in [0.717, 1.165) is 6.42 Å². The number of thioether (sulfide) groups is 1. The summed E-state index contributed by atoms with van der Waals surface area (Å²) in [5, 5.41) is 0.329. The van der Waals surface area contributed by atoms with E-state index in [2.05, 4.69) is 20.8 Å². The molecule has 1 aliphatic heterocycles. The molecule has 0 spiro atoms. The number of hydrogen-bond donors (Lipinski definition) is 0. The van der Waals surface area contributed by atoms with Crippen LogP contribution in [0.2, 0.25) is 0 Å². The summed E-state index contributed by atoms with van der Waals surface area (Å²) in [6, 6.07) is 0. The molecule has 0 amide bonds. The highest BCUT2D eigenvalue weighted by atomic mass is 32.2. The van der Waals surface area contributed by atoms with Crippen LogP contribution in [-0.4, -0.2) is 29.9 Å². The third-order valence-electron chi connectivity index (χ3n) is 1.71. The molecule has 1 rings (SSSR count).